The number of H-pyrrole nitrogens is 1. The lowest BCUT2D eigenvalue weighted by Gasteiger charge is -2.42. The van der Waals surface area contributed by atoms with Crippen molar-refractivity contribution in [2.45, 2.75) is 25.3 Å². The van der Waals surface area contributed by atoms with Gasteiger partial charge in [-0.15, -0.1) is 0 Å². The Balaban J connectivity index is 1.81. The molecule has 1 aromatic rings. The molecular weight excluding hydrogens is 230 g/mol. The predicted octanol–water partition coefficient (Wildman–Crippen LogP) is -0.0696. The predicted molar refractivity (Wildman–Crippen MR) is 70.6 cm³/mol. The Hall–Kier alpha value is -1.56. The van der Waals surface area contributed by atoms with Gasteiger partial charge in [0.1, 0.15) is 5.69 Å². The third-order valence-corrected chi connectivity index (χ3v) is 4.06. The average Bonchev–Trinajstić information content (AvgIpc) is 2.41. The molecule has 0 aromatic carbocycles. The highest BCUT2D eigenvalue weighted by Crippen LogP contribution is 2.28. The molecule has 2 aliphatic rings. The van der Waals surface area contributed by atoms with Crippen molar-refractivity contribution in [2.24, 2.45) is 5.92 Å². The molecule has 2 fully saturated rings. The lowest BCUT2D eigenvalue weighted by molar-refractivity contribution is 0.244. The van der Waals surface area contributed by atoms with E-state index in [-0.39, 0.29) is 11.2 Å². The molecular formula is C12H19N5O. The number of nitrogens with zero attached hydrogens (tertiary/aromatic N) is 2. The van der Waals surface area contributed by atoms with Crippen LogP contribution in [0.4, 0.5) is 11.5 Å². The Bertz CT molecular complexity index is 486. The standard InChI is InChI=1S/C12H19N5O/c13-10-11(15-7-16-12(10)18)17-5-3-9-8(6-17)2-1-4-14-9/h7-9,14H,1-6,13H2,(H,15,16,18). The highest BCUT2D eigenvalue weighted by atomic mass is 16.1. The summed E-state index contributed by atoms with van der Waals surface area (Å²) in [6.07, 6.45) is 5.00. The van der Waals surface area contributed by atoms with Crippen molar-refractivity contribution < 1.29 is 0 Å². The second-order valence-electron chi connectivity index (χ2n) is 5.17. The second-order valence-corrected chi connectivity index (χ2v) is 5.17. The first-order valence-electron chi connectivity index (χ1n) is 6.57. The summed E-state index contributed by atoms with van der Waals surface area (Å²) < 4.78 is 0. The lowest BCUT2D eigenvalue weighted by atomic mass is 9.85. The zero-order chi connectivity index (χ0) is 12.5. The summed E-state index contributed by atoms with van der Waals surface area (Å²) in [4.78, 5) is 20.4. The van der Waals surface area contributed by atoms with Gasteiger partial charge < -0.3 is 20.9 Å². The highest BCUT2D eigenvalue weighted by Gasteiger charge is 2.32. The van der Waals surface area contributed by atoms with Gasteiger partial charge in [-0.1, -0.05) is 0 Å². The number of aromatic amines is 1. The SMILES string of the molecule is Nc1c(N2CCC3NCCCC3C2)nc[nH]c1=O. The average molecular weight is 249 g/mol. The van der Waals surface area contributed by atoms with E-state index in [1.165, 1.54) is 19.2 Å². The minimum Gasteiger partial charge on any atom is -0.391 e. The summed E-state index contributed by atoms with van der Waals surface area (Å²) in [5.41, 5.74) is 5.81. The van der Waals surface area contributed by atoms with Gasteiger partial charge in [-0.25, -0.2) is 4.98 Å². The quantitative estimate of drug-likeness (QED) is 0.648. The van der Waals surface area contributed by atoms with E-state index in [1.807, 2.05) is 0 Å². The van der Waals surface area contributed by atoms with Gasteiger partial charge >= 0.3 is 0 Å². The molecule has 0 radical (unpaired) electrons. The molecule has 0 saturated carbocycles. The number of anilines is 2. The Morgan fingerprint density at radius 2 is 2.33 bits per heavy atom. The van der Waals surface area contributed by atoms with E-state index < -0.39 is 0 Å². The highest BCUT2D eigenvalue weighted by molar-refractivity contribution is 5.61. The number of nitrogens with two attached hydrogens (primary N) is 1. The van der Waals surface area contributed by atoms with Crippen LogP contribution in [0.3, 0.4) is 0 Å². The third kappa shape index (κ3) is 1.96. The molecule has 98 valence electrons. The minimum atomic E-state index is -0.246. The largest absolute Gasteiger partial charge is 0.391 e. The van der Waals surface area contributed by atoms with Crippen molar-refractivity contribution in [2.75, 3.05) is 30.3 Å². The van der Waals surface area contributed by atoms with Gasteiger partial charge in [0, 0.05) is 19.1 Å². The van der Waals surface area contributed by atoms with Crippen LogP contribution in [0.1, 0.15) is 19.3 Å². The van der Waals surface area contributed by atoms with Crippen LogP contribution in [0.2, 0.25) is 0 Å². The number of aromatic nitrogens is 2. The molecule has 6 heteroatoms. The van der Waals surface area contributed by atoms with Crippen LogP contribution < -0.4 is 21.5 Å². The van der Waals surface area contributed by atoms with Crippen molar-refractivity contribution in [1.29, 1.82) is 0 Å². The van der Waals surface area contributed by atoms with Gasteiger partial charge in [0.05, 0.1) is 6.33 Å². The summed E-state index contributed by atoms with van der Waals surface area (Å²) in [7, 11) is 0. The van der Waals surface area contributed by atoms with Crippen molar-refractivity contribution in [1.82, 2.24) is 15.3 Å². The van der Waals surface area contributed by atoms with Crippen LogP contribution in [0.15, 0.2) is 11.1 Å². The molecule has 3 rings (SSSR count). The van der Waals surface area contributed by atoms with E-state index in [2.05, 4.69) is 20.2 Å². The summed E-state index contributed by atoms with van der Waals surface area (Å²) in [5.74, 6) is 1.29. The second kappa shape index (κ2) is 4.61. The monoisotopic (exact) mass is 249 g/mol. The van der Waals surface area contributed by atoms with E-state index in [9.17, 15) is 4.79 Å². The molecule has 2 atom stereocenters. The number of nitrogen functional groups attached to an aromatic ring is 1. The molecule has 1 aromatic heterocycles. The van der Waals surface area contributed by atoms with Gasteiger partial charge in [0.25, 0.3) is 5.56 Å². The Kier molecular flexibility index (Phi) is 2.95. The fourth-order valence-corrected chi connectivity index (χ4v) is 3.09. The van der Waals surface area contributed by atoms with Gasteiger partial charge in [-0.2, -0.15) is 0 Å². The molecule has 0 bridgehead atoms. The molecule has 3 heterocycles. The minimum absolute atomic E-state index is 0.236. The zero-order valence-electron chi connectivity index (χ0n) is 10.4. The number of rotatable bonds is 1. The first kappa shape index (κ1) is 11.5. The number of piperidine rings is 2. The number of fused-ring (bicyclic) bond motifs is 1. The maximum atomic E-state index is 11.5. The van der Waals surface area contributed by atoms with Gasteiger partial charge in [0.2, 0.25) is 0 Å². The molecule has 2 saturated heterocycles. The molecule has 2 unspecified atom stereocenters. The van der Waals surface area contributed by atoms with Crippen LogP contribution in [0.5, 0.6) is 0 Å². The summed E-state index contributed by atoms with van der Waals surface area (Å²) in [5, 5.41) is 3.57. The van der Waals surface area contributed by atoms with Crippen LogP contribution in [-0.2, 0) is 0 Å². The molecule has 4 N–H and O–H groups in total. The van der Waals surface area contributed by atoms with E-state index in [4.69, 9.17) is 5.73 Å². The summed E-state index contributed by atoms with van der Waals surface area (Å²) in [6.45, 7) is 2.99. The van der Waals surface area contributed by atoms with Gasteiger partial charge in [-0.3, -0.25) is 4.79 Å². The van der Waals surface area contributed by atoms with Crippen molar-refractivity contribution in [3.8, 4) is 0 Å². The molecule has 0 spiro atoms. The van der Waals surface area contributed by atoms with Crippen LogP contribution in [0, 0.1) is 5.92 Å². The van der Waals surface area contributed by atoms with E-state index >= 15 is 0 Å². The maximum absolute atomic E-state index is 11.5. The molecule has 0 aliphatic carbocycles. The normalized spacial score (nSPS) is 27.9. The lowest BCUT2D eigenvalue weighted by Crippen LogP contribution is -2.52. The Morgan fingerprint density at radius 1 is 1.44 bits per heavy atom. The van der Waals surface area contributed by atoms with Crippen molar-refractivity contribution in [3.05, 3.63) is 16.7 Å². The molecule has 0 amide bonds. The fourth-order valence-electron chi connectivity index (χ4n) is 3.09. The first-order chi connectivity index (χ1) is 8.75. The number of nitrogens with one attached hydrogen (secondary N) is 2. The first-order valence-corrected chi connectivity index (χ1v) is 6.57. The summed E-state index contributed by atoms with van der Waals surface area (Å²) >= 11 is 0. The van der Waals surface area contributed by atoms with Crippen LogP contribution in [-0.4, -0.2) is 35.6 Å². The van der Waals surface area contributed by atoms with Gasteiger partial charge in [0.15, 0.2) is 5.82 Å². The van der Waals surface area contributed by atoms with E-state index in [1.54, 1.807) is 0 Å². The fraction of sp³-hybridized carbons (Fsp3) is 0.667. The number of hydrogen-bond acceptors (Lipinski definition) is 5. The molecule has 6 nitrogen and oxygen atoms in total. The van der Waals surface area contributed by atoms with Crippen molar-refractivity contribution >= 4 is 11.5 Å². The van der Waals surface area contributed by atoms with Crippen LogP contribution in [0.25, 0.3) is 0 Å². The topological polar surface area (TPSA) is 87.0 Å². The van der Waals surface area contributed by atoms with Gasteiger partial charge in [-0.05, 0) is 31.7 Å². The Labute approximate surface area is 106 Å². The Morgan fingerprint density at radius 3 is 3.22 bits per heavy atom. The van der Waals surface area contributed by atoms with Crippen molar-refractivity contribution in [3.63, 3.8) is 0 Å². The smallest absolute Gasteiger partial charge is 0.276 e. The maximum Gasteiger partial charge on any atom is 0.276 e. The van der Waals surface area contributed by atoms with E-state index in [0.29, 0.717) is 17.8 Å². The van der Waals surface area contributed by atoms with Crippen LogP contribution >= 0.6 is 0 Å². The summed E-state index contributed by atoms with van der Waals surface area (Å²) in [6, 6.07) is 0.623. The van der Waals surface area contributed by atoms with E-state index in [0.717, 1.165) is 26.1 Å². The third-order valence-electron chi connectivity index (χ3n) is 4.06. The number of hydrogen-bond donors (Lipinski definition) is 3. The zero-order valence-corrected chi connectivity index (χ0v) is 10.4. The molecule has 18 heavy (non-hydrogen) atoms. The molecule has 2 aliphatic heterocycles.